The Kier molecular flexibility index (Phi) is 4.74. The van der Waals surface area contributed by atoms with Crippen molar-refractivity contribution in [3.8, 4) is 6.07 Å². The summed E-state index contributed by atoms with van der Waals surface area (Å²) in [6, 6.07) is 2.00. The van der Waals surface area contributed by atoms with Crippen LogP contribution in [0.3, 0.4) is 0 Å². The van der Waals surface area contributed by atoms with Crippen LogP contribution in [0.1, 0.15) is 25.7 Å². The monoisotopic (exact) mass is 331 g/mol. The number of likely N-dealkylation sites (tertiary alicyclic amines) is 2. The normalized spacial score (nSPS) is 28.7. The van der Waals surface area contributed by atoms with Crippen LogP contribution in [0.5, 0.6) is 0 Å². The molecule has 0 spiro atoms. The molecule has 0 aromatic rings. The Morgan fingerprint density at radius 2 is 1.96 bits per heavy atom. The summed E-state index contributed by atoms with van der Waals surface area (Å²) in [6.07, 6.45) is 3.45. The van der Waals surface area contributed by atoms with Gasteiger partial charge < -0.3 is 14.7 Å². The summed E-state index contributed by atoms with van der Waals surface area (Å²) >= 11 is 0. The molecule has 2 saturated heterocycles. The molecule has 0 bridgehead atoms. The number of hydrogen-bond acceptors (Lipinski definition) is 4. The second kappa shape index (κ2) is 6.80. The lowest BCUT2D eigenvalue weighted by Gasteiger charge is -2.22. The summed E-state index contributed by atoms with van der Waals surface area (Å²) in [7, 11) is 3.56. The fourth-order valence-corrected chi connectivity index (χ4v) is 4.13. The van der Waals surface area contributed by atoms with Crippen molar-refractivity contribution in [2.24, 2.45) is 16.8 Å². The van der Waals surface area contributed by atoms with E-state index in [0.717, 1.165) is 44.5 Å². The minimum Gasteiger partial charge on any atom is -0.331 e. The number of hydrogen-bond donors (Lipinski definition) is 0. The van der Waals surface area contributed by atoms with Crippen LogP contribution >= 0.6 is 0 Å². The molecule has 2 heterocycles. The van der Waals surface area contributed by atoms with Gasteiger partial charge in [-0.15, -0.1) is 0 Å². The smallest absolute Gasteiger partial charge is 0.319 e. The lowest BCUT2D eigenvalue weighted by atomic mass is 10.0. The number of nitrogens with zero attached hydrogens (tertiary/aromatic N) is 5. The van der Waals surface area contributed by atoms with Gasteiger partial charge in [-0.25, -0.2) is 4.79 Å². The van der Waals surface area contributed by atoms with E-state index in [1.165, 1.54) is 0 Å². The van der Waals surface area contributed by atoms with E-state index in [4.69, 9.17) is 5.26 Å². The standard InChI is InChI=1S/C17H25N5O2/c1-20(2)17(24)21-10-12-6-14(7-13(12)11-21)19-9-16(23)22-5-3-4-15(22)8-18/h12-13,15H,3-7,9-11H2,1-2H3/t12-,13-,15-/m0/s1. The molecule has 1 saturated carbocycles. The highest BCUT2D eigenvalue weighted by atomic mass is 16.2. The summed E-state index contributed by atoms with van der Waals surface area (Å²) < 4.78 is 0. The first-order chi connectivity index (χ1) is 11.5. The number of carbonyl (C=O) groups excluding carboxylic acids is 2. The molecule has 3 fully saturated rings. The third kappa shape index (κ3) is 3.23. The molecule has 1 aliphatic carbocycles. The van der Waals surface area contributed by atoms with Crippen molar-refractivity contribution in [1.82, 2.24) is 14.7 Å². The highest BCUT2D eigenvalue weighted by molar-refractivity contribution is 5.90. The molecule has 24 heavy (non-hydrogen) atoms. The summed E-state index contributed by atoms with van der Waals surface area (Å²) in [6.45, 7) is 2.41. The molecule has 130 valence electrons. The van der Waals surface area contributed by atoms with Crippen LogP contribution in [0.25, 0.3) is 0 Å². The van der Waals surface area contributed by atoms with Crippen LogP contribution < -0.4 is 0 Å². The fourth-order valence-electron chi connectivity index (χ4n) is 4.13. The summed E-state index contributed by atoms with van der Waals surface area (Å²) in [5.74, 6) is 0.913. The van der Waals surface area contributed by atoms with Gasteiger partial charge >= 0.3 is 6.03 Å². The van der Waals surface area contributed by atoms with Gasteiger partial charge in [-0.2, -0.15) is 5.26 Å². The third-order valence-corrected chi connectivity index (χ3v) is 5.39. The summed E-state index contributed by atoms with van der Waals surface area (Å²) in [4.78, 5) is 34.0. The van der Waals surface area contributed by atoms with Gasteiger partial charge in [0.2, 0.25) is 5.91 Å². The Hall–Kier alpha value is -2.10. The zero-order valence-corrected chi connectivity index (χ0v) is 14.4. The number of nitriles is 1. The molecule has 0 radical (unpaired) electrons. The van der Waals surface area contributed by atoms with Crippen molar-refractivity contribution in [3.05, 3.63) is 0 Å². The average molecular weight is 331 g/mol. The molecule has 0 aromatic carbocycles. The Morgan fingerprint density at radius 3 is 2.54 bits per heavy atom. The van der Waals surface area contributed by atoms with E-state index in [1.54, 1.807) is 23.9 Å². The third-order valence-electron chi connectivity index (χ3n) is 5.39. The van der Waals surface area contributed by atoms with Gasteiger partial charge in [0.05, 0.1) is 6.07 Å². The van der Waals surface area contributed by atoms with Crippen molar-refractivity contribution in [2.45, 2.75) is 31.7 Å². The zero-order chi connectivity index (χ0) is 17.3. The van der Waals surface area contributed by atoms with Crippen LogP contribution in [0.2, 0.25) is 0 Å². The van der Waals surface area contributed by atoms with E-state index in [2.05, 4.69) is 11.1 Å². The predicted octanol–water partition coefficient (Wildman–Crippen LogP) is 0.965. The van der Waals surface area contributed by atoms with Crippen molar-refractivity contribution < 1.29 is 9.59 Å². The SMILES string of the molecule is CN(C)C(=O)N1C[C@@H]2CC(=NCC(=O)N3CCC[C@H]3C#N)C[C@H]2C1. The molecule has 0 N–H and O–H groups in total. The van der Waals surface area contributed by atoms with Crippen molar-refractivity contribution >= 4 is 17.6 Å². The van der Waals surface area contributed by atoms with Crippen LogP contribution in [0.15, 0.2) is 4.99 Å². The number of aliphatic imine (C=N–C) groups is 1. The highest BCUT2D eigenvalue weighted by Gasteiger charge is 2.41. The van der Waals surface area contributed by atoms with E-state index >= 15 is 0 Å². The topological polar surface area (TPSA) is 80.0 Å². The van der Waals surface area contributed by atoms with Crippen LogP contribution in [-0.4, -0.2) is 78.7 Å². The second-order valence-corrected chi connectivity index (χ2v) is 7.27. The first-order valence-corrected chi connectivity index (χ1v) is 8.67. The second-order valence-electron chi connectivity index (χ2n) is 7.27. The molecule has 0 aromatic heterocycles. The van der Waals surface area contributed by atoms with Crippen LogP contribution in [-0.2, 0) is 4.79 Å². The average Bonchev–Trinajstić information content (AvgIpc) is 3.25. The maximum Gasteiger partial charge on any atom is 0.319 e. The minimum atomic E-state index is -0.272. The lowest BCUT2D eigenvalue weighted by Crippen LogP contribution is -2.38. The van der Waals surface area contributed by atoms with E-state index in [-0.39, 0.29) is 24.5 Å². The maximum atomic E-state index is 12.2. The van der Waals surface area contributed by atoms with E-state index < -0.39 is 0 Å². The number of carbonyl (C=O) groups is 2. The van der Waals surface area contributed by atoms with Crippen molar-refractivity contribution in [2.75, 3.05) is 40.3 Å². The number of fused-ring (bicyclic) bond motifs is 1. The van der Waals surface area contributed by atoms with Gasteiger partial charge in [-0.3, -0.25) is 9.79 Å². The molecule has 3 aliphatic rings. The molecular weight excluding hydrogens is 306 g/mol. The Morgan fingerprint density at radius 1 is 1.29 bits per heavy atom. The van der Waals surface area contributed by atoms with E-state index in [0.29, 0.717) is 18.4 Å². The van der Waals surface area contributed by atoms with Gasteiger partial charge in [-0.1, -0.05) is 0 Å². The first-order valence-electron chi connectivity index (χ1n) is 8.67. The van der Waals surface area contributed by atoms with E-state index in [9.17, 15) is 9.59 Å². The van der Waals surface area contributed by atoms with Gasteiger partial charge in [0.15, 0.2) is 0 Å². The number of urea groups is 1. The zero-order valence-electron chi connectivity index (χ0n) is 14.4. The van der Waals surface area contributed by atoms with E-state index in [1.807, 2.05) is 4.90 Å². The molecule has 3 rings (SSSR count). The molecule has 7 nitrogen and oxygen atoms in total. The highest BCUT2D eigenvalue weighted by Crippen LogP contribution is 2.36. The molecule has 2 aliphatic heterocycles. The predicted molar refractivity (Wildman–Crippen MR) is 89.5 cm³/mol. The van der Waals surface area contributed by atoms with Crippen LogP contribution in [0.4, 0.5) is 4.79 Å². The maximum absolute atomic E-state index is 12.2. The molecule has 3 atom stereocenters. The summed E-state index contributed by atoms with van der Waals surface area (Å²) in [5.41, 5.74) is 1.10. The Balaban J connectivity index is 1.51. The largest absolute Gasteiger partial charge is 0.331 e. The minimum absolute atomic E-state index is 0.0342. The molecular formula is C17H25N5O2. The molecule has 3 amide bonds. The lowest BCUT2D eigenvalue weighted by molar-refractivity contribution is -0.129. The van der Waals surface area contributed by atoms with Gasteiger partial charge in [0.1, 0.15) is 12.6 Å². The van der Waals surface area contributed by atoms with Crippen LogP contribution in [0, 0.1) is 23.2 Å². The Labute approximate surface area is 142 Å². The number of amides is 3. The summed E-state index contributed by atoms with van der Waals surface area (Å²) in [5, 5.41) is 9.07. The molecule has 7 heteroatoms. The Bertz CT molecular complexity index is 578. The van der Waals surface area contributed by atoms with Gasteiger partial charge in [0, 0.05) is 39.4 Å². The van der Waals surface area contributed by atoms with Gasteiger partial charge in [0.25, 0.3) is 0 Å². The number of rotatable bonds is 2. The van der Waals surface area contributed by atoms with Crippen molar-refractivity contribution in [1.29, 1.82) is 5.26 Å². The fraction of sp³-hybridized carbons (Fsp3) is 0.765. The van der Waals surface area contributed by atoms with Crippen molar-refractivity contribution in [3.63, 3.8) is 0 Å². The van der Waals surface area contributed by atoms with Gasteiger partial charge in [-0.05, 0) is 37.5 Å². The molecule has 0 unspecified atom stereocenters. The quantitative estimate of drug-likeness (QED) is 0.756. The first kappa shape index (κ1) is 16.7.